The summed E-state index contributed by atoms with van der Waals surface area (Å²) in [5.74, 6) is -2.16. The van der Waals surface area contributed by atoms with Crippen LogP contribution < -0.4 is 5.32 Å². The minimum Gasteiger partial charge on any atom is -0.480 e. The molecule has 2 N–H and O–H groups in total. The standard InChI is InChI=1S/C13H17NO5S/c1-13(2,12(16)17)14-11(15)8-9-20(18,19)10-6-4-3-5-7-10/h3-7H,8-9H2,1-2H3,(H,14,15)(H,16,17). The maximum atomic E-state index is 11.9. The van der Waals surface area contributed by atoms with Crippen molar-refractivity contribution in [3.05, 3.63) is 30.3 Å². The molecule has 0 spiro atoms. The maximum absolute atomic E-state index is 11.9. The second kappa shape index (κ2) is 6.04. The highest BCUT2D eigenvalue weighted by molar-refractivity contribution is 7.91. The van der Waals surface area contributed by atoms with Crippen LogP contribution in [0.25, 0.3) is 0 Å². The summed E-state index contributed by atoms with van der Waals surface area (Å²) in [5, 5.41) is 11.1. The number of benzene rings is 1. The van der Waals surface area contributed by atoms with Crippen LogP contribution in [0.5, 0.6) is 0 Å². The molecule has 0 fully saturated rings. The van der Waals surface area contributed by atoms with Crippen LogP contribution in [0, 0.1) is 0 Å². The van der Waals surface area contributed by atoms with Crippen molar-refractivity contribution in [2.75, 3.05) is 5.75 Å². The van der Waals surface area contributed by atoms with Crippen molar-refractivity contribution in [3.63, 3.8) is 0 Å². The van der Waals surface area contributed by atoms with Gasteiger partial charge in [0.1, 0.15) is 5.54 Å². The number of rotatable bonds is 6. The Morgan fingerprint density at radius 2 is 1.75 bits per heavy atom. The Labute approximate surface area is 117 Å². The average Bonchev–Trinajstić information content (AvgIpc) is 2.37. The van der Waals surface area contributed by atoms with Gasteiger partial charge in [0, 0.05) is 6.42 Å². The number of nitrogens with one attached hydrogen (secondary N) is 1. The van der Waals surface area contributed by atoms with E-state index in [9.17, 15) is 18.0 Å². The maximum Gasteiger partial charge on any atom is 0.328 e. The zero-order valence-corrected chi connectivity index (χ0v) is 12.1. The van der Waals surface area contributed by atoms with Crippen LogP contribution in [0.15, 0.2) is 35.2 Å². The third-order valence-electron chi connectivity index (χ3n) is 2.69. The van der Waals surface area contributed by atoms with E-state index in [1.165, 1.54) is 26.0 Å². The molecular formula is C13H17NO5S. The van der Waals surface area contributed by atoms with Gasteiger partial charge in [-0.3, -0.25) is 4.79 Å². The van der Waals surface area contributed by atoms with E-state index in [4.69, 9.17) is 5.11 Å². The van der Waals surface area contributed by atoms with Crippen molar-refractivity contribution < 1.29 is 23.1 Å². The second-order valence-corrected chi connectivity index (χ2v) is 6.97. The zero-order chi connectivity index (χ0) is 15.4. The molecule has 6 nitrogen and oxygen atoms in total. The summed E-state index contributed by atoms with van der Waals surface area (Å²) in [5.41, 5.74) is -1.42. The Hall–Kier alpha value is -1.89. The van der Waals surface area contributed by atoms with Gasteiger partial charge < -0.3 is 10.4 Å². The van der Waals surface area contributed by atoms with Gasteiger partial charge in [-0.2, -0.15) is 0 Å². The third-order valence-corrected chi connectivity index (χ3v) is 4.42. The molecule has 0 heterocycles. The zero-order valence-electron chi connectivity index (χ0n) is 11.3. The predicted octanol–water partition coefficient (Wildman–Crippen LogP) is 0.830. The topological polar surface area (TPSA) is 101 Å². The summed E-state index contributed by atoms with van der Waals surface area (Å²) in [4.78, 5) is 22.6. The molecular weight excluding hydrogens is 282 g/mol. The van der Waals surface area contributed by atoms with Crippen LogP contribution in [0.1, 0.15) is 20.3 Å². The van der Waals surface area contributed by atoms with Gasteiger partial charge >= 0.3 is 5.97 Å². The summed E-state index contributed by atoms with van der Waals surface area (Å²) < 4.78 is 23.9. The highest BCUT2D eigenvalue weighted by Crippen LogP contribution is 2.11. The lowest BCUT2D eigenvalue weighted by Gasteiger charge is -2.20. The molecule has 0 aliphatic rings. The first-order valence-electron chi connectivity index (χ1n) is 5.97. The van der Waals surface area contributed by atoms with Crippen molar-refractivity contribution >= 4 is 21.7 Å². The quantitative estimate of drug-likeness (QED) is 0.810. The minimum atomic E-state index is -3.54. The van der Waals surface area contributed by atoms with E-state index in [0.29, 0.717) is 0 Å². The molecule has 110 valence electrons. The van der Waals surface area contributed by atoms with E-state index < -0.39 is 27.3 Å². The van der Waals surface area contributed by atoms with Crippen molar-refractivity contribution in [2.45, 2.75) is 30.7 Å². The number of carboxylic acid groups (broad SMARTS) is 1. The number of sulfone groups is 1. The van der Waals surface area contributed by atoms with Gasteiger partial charge in [-0.1, -0.05) is 18.2 Å². The number of carbonyl (C=O) groups is 2. The van der Waals surface area contributed by atoms with Crippen molar-refractivity contribution in [1.29, 1.82) is 0 Å². The first-order valence-corrected chi connectivity index (χ1v) is 7.62. The van der Waals surface area contributed by atoms with E-state index in [2.05, 4.69) is 5.32 Å². The van der Waals surface area contributed by atoms with Crippen LogP contribution >= 0.6 is 0 Å². The lowest BCUT2D eigenvalue weighted by atomic mass is 10.1. The van der Waals surface area contributed by atoms with Crippen molar-refractivity contribution in [3.8, 4) is 0 Å². The Bertz CT molecular complexity index is 592. The molecule has 0 bridgehead atoms. The fourth-order valence-corrected chi connectivity index (χ4v) is 2.70. The Balaban J connectivity index is 2.64. The molecule has 0 aromatic heterocycles. The molecule has 0 saturated heterocycles. The molecule has 0 aliphatic heterocycles. The molecule has 7 heteroatoms. The number of aliphatic carboxylic acids is 1. The fourth-order valence-electron chi connectivity index (χ4n) is 1.44. The van der Waals surface area contributed by atoms with E-state index >= 15 is 0 Å². The van der Waals surface area contributed by atoms with Gasteiger partial charge in [-0.05, 0) is 26.0 Å². The normalized spacial score (nSPS) is 11.9. The predicted molar refractivity (Wildman–Crippen MR) is 73.0 cm³/mol. The molecule has 0 aliphatic carbocycles. The molecule has 20 heavy (non-hydrogen) atoms. The molecule has 0 atom stereocenters. The molecule has 1 aromatic rings. The first-order chi connectivity index (χ1) is 9.15. The van der Waals surface area contributed by atoms with Crippen LogP contribution in [0.3, 0.4) is 0 Å². The van der Waals surface area contributed by atoms with Gasteiger partial charge in [0.15, 0.2) is 9.84 Å². The molecule has 0 radical (unpaired) electrons. The molecule has 0 saturated carbocycles. The van der Waals surface area contributed by atoms with Crippen LogP contribution in [-0.4, -0.2) is 36.7 Å². The second-order valence-electron chi connectivity index (χ2n) is 4.86. The molecule has 0 unspecified atom stereocenters. The van der Waals surface area contributed by atoms with E-state index in [1.54, 1.807) is 18.2 Å². The summed E-state index contributed by atoms with van der Waals surface area (Å²) in [6.45, 7) is 2.66. The summed E-state index contributed by atoms with van der Waals surface area (Å²) >= 11 is 0. The third kappa shape index (κ3) is 4.34. The van der Waals surface area contributed by atoms with Crippen LogP contribution in [0.4, 0.5) is 0 Å². The van der Waals surface area contributed by atoms with Crippen molar-refractivity contribution in [2.24, 2.45) is 0 Å². The Morgan fingerprint density at radius 3 is 2.25 bits per heavy atom. The van der Waals surface area contributed by atoms with Gasteiger partial charge in [0.05, 0.1) is 10.6 Å². The van der Waals surface area contributed by atoms with Crippen molar-refractivity contribution in [1.82, 2.24) is 5.32 Å². The number of hydrogen-bond donors (Lipinski definition) is 2. The summed E-state index contributed by atoms with van der Waals surface area (Å²) in [7, 11) is -3.54. The number of carboxylic acids is 1. The minimum absolute atomic E-state index is 0.144. The van der Waals surface area contributed by atoms with Gasteiger partial charge in [-0.15, -0.1) is 0 Å². The summed E-state index contributed by atoms with van der Waals surface area (Å²) in [6, 6.07) is 7.80. The first kappa shape index (κ1) is 16.2. The average molecular weight is 299 g/mol. The van der Waals surface area contributed by atoms with E-state index in [0.717, 1.165) is 0 Å². The van der Waals surface area contributed by atoms with E-state index in [1.807, 2.05) is 0 Å². The SMILES string of the molecule is CC(C)(NC(=O)CCS(=O)(=O)c1ccccc1)C(=O)O. The Kier molecular flexibility index (Phi) is 4.88. The molecule has 1 rings (SSSR count). The molecule has 1 aromatic carbocycles. The van der Waals surface area contributed by atoms with Crippen LogP contribution in [-0.2, 0) is 19.4 Å². The lowest BCUT2D eigenvalue weighted by molar-refractivity contribution is -0.145. The number of carbonyl (C=O) groups excluding carboxylic acids is 1. The largest absolute Gasteiger partial charge is 0.480 e. The Morgan fingerprint density at radius 1 is 1.20 bits per heavy atom. The van der Waals surface area contributed by atoms with E-state index in [-0.39, 0.29) is 17.1 Å². The molecule has 1 amide bonds. The smallest absolute Gasteiger partial charge is 0.328 e. The monoisotopic (exact) mass is 299 g/mol. The number of hydrogen-bond acceptors (Lipinski definition) is 4. The fraction of sp³-hybridized carbons (Fsp3) is 0.385. The number of amides is 1. The van der Waals surface area contributed by atoms with Gasteiger partial charge in [0.25, 0.3) is 0 Å². The lowest BCUT2D eigenvalue weighted by Crippen LogP contribution is -2.49. The highest BCUT2D eigenvalue weighted by Gasteiger charge is 2.29. The van der Waals surface area contributed by atoms with Gasteiger partial charge in [0.2, 0.25) is 5.91 Å². The summed E-state index contributed by atoms with van der Waals surface area (Å²) in [6.07, 6.45) is -0.284. The highest BCUT2D eigenvalue weighted by atomic mass is 32.2. The van der Waals surface area contributed by atoms with Crippen LogP contribution in [0.2, 0.25) is 0 Å². The van der Waals surface area contributed by atoms with Gasteiger partial charge in [-0.25, -0.2) is 13.2 Å².